The highest BCUT2D eigenvalue weighted by Crippen LogP contribution is 1.93. The molecule has 0 atom stereocenters. The Hall–Kier alpha value is -1.03. The molecule has 0 aromatic rings. The lowest BCUT2D eigenvalue weighted by molar-refractivity contribution is -0.136. The van der Waals surface area contributed by atoms with E-state index in [9.17, 15) is 4.79 Å². The van der Waals surface area contributed by atoms with Gasteiger partial charge in [0.05, 0.1) is 6.61 Å². The fraction of sp³-hybridized carbons (Fsp3) is 0.500. The summed E-state index contributed by atoms with van der Waals surface area (Å²) in [5, 5.41) is 16.5. The topological polar surface area (TPSA) is 66.8 Å². The first-order valence-electron chi connectivity index (χ1n) is 2.84. The summed E-state index contributed by atoms with van der Waals surface area (Å²) >= 11 is 0. The van der Waals surface area contributed by atoms with E-state index in [1.807, 2.05) is 0 Å². The summed E-state index contributed by atoms with van der Waals surface area (Å²) in [5.74, 6) is -1.45. The number of rotatable bonds is 5. The SMILES string of the molecule is C=C(OCCCO)C(=O)O. The van der Waals surface area contributed by atoms with E-state index in [0.29, 0.717) is 6.42 Å². The molecule has 0 fully saturated rings. The summed E-state index contributed by atoms with van der Waals surface area (Å²) in [5.41, 5.74) is 0. The maximum Gasteiger partial charge on any atom is 0.370 e. The van der Waals surface area contributed by atoms with Crippen LogP contribution in [-0.2, 0) is 9.53 Å². The van der Waals surface area contributed by atoms with Crippen molar-refractivity contribution in [1.82, 2.24) is 0 Å². The molecule has 0 amide bonds. The van der Waals surface area contributed by atoms with Gasteiger partial charge in [-0.2, -0.15) is 0 Å². The Morgan fingerprint density at radius 1 is 1.60 bits per heavy atom. The molecule has 0 unspecified atom stereocenters. The summed E-state index contributed by atoms with van der Waals surface area (Å²) in [6.45, 7) is 3.31. The van der Waals surface area contributed by atoms with Gasteiger partial charge in [-0.1, -0.05) is 0 Å². The predicted octanol–water partition coefficient (Wildman–Crippen LogP) is -0.0163. The van der Waals surface area contributed by atoms with Crippen molar-refractivity contribution in [2.45, 2.75) is 6.42 Å². The van der Waals surface area contributed by atoms with Crippen molar-refractivity contribution >= 4 is 5.97 Å². The fourth-order valence-corrected chi connectivity index (χ4v) is 0.322. The minimum atomic E-state index is -1.17. The monoisotopic (exact) mass is 146 g/mol. The van der Waals surface area contributed by atoms with E-state index >= 15 is 0 Å². The highest BCUT2D eigenvalue weighted by atomic mass is 16.5. The van der Waals surface area contributed by atoms with Crippen molar-refractivity contribution in [3.05, 3.63) is 12.3 Å². The Balaban J connectivity index is 3.31. The van der Waals surface area contributed by atoms with Crippen molar-refractivity contribution in [2.24, 2.45) is 0 Å². The Morgan fingerprint density at radius 2 is 2.20 bits per heavy atom. The van der Waals surface area contributed by atoms with Crippen molar-refractivity contribution < 1.29 is 19.7 Å². The molecule has 0 aliphatic rings. The van der Waals surface area contributed by atoms with E-state index in [1.54, 1.807) is 0 Å². The van der Waals surface area contributed by atoms with Crippen LogP contribution in [0.15, 0.2) is 12.3 Å². The van der Waals surface area contributed by atoms with E-state index in [2.05, 4.69) is 11.3 Å². The zero-order valence-corrected chi connectivity index (χ0v) is 5.54. The molecule has 0 bridgehead atoms. The molecular weight excluding hydrogens is 136 g/mol. The van der Waals surface area contributed by atoms with Gasteiger partial charge in [0.1, 0.15) is 0 Å². The summed E-state index contributed by atoms with van der Waals surface area (Å²) in [6, 6.07) is 0. The van der Waals surface area contributed by atoms with Crippen LogP contribution in [0.3, 0.4) is 0 Å². The molecule has 0 saturated carbocycles. The molecule has 4 heteroatoms. The van der Waals surface area contributed by atoms with Gasteiger partial charge in [-0.25, -0.2) is 4.79 Å². The maximum absolute atomic E-state index is 10.0. The molecule has 0 aliphatic carbocycles. The van der Waals surface area contributed by atoms with Crippen molar-refractivity contribution in [3.8, 4) is 0 Å². The second-order valence-electron chi connectivity index (χ2n) is 1.65. The first kappa shape index (κ1) is 8.97. The number of ether oxygens (including phenoxy) is 1. The van der Waals surface area contributed by atoms with Gasteiger partial charge < -0.3 is 14.9 Å². The number of carbonyl (C=O) groups is 1. The lowest BCUT2D eigenvalue weighted by Gasteiger charge is -2.01. The first-order valence-corrected chi connectivity index (χ1v) is 2.84. The number of aliphatic carboxylic acids is 1. The van der Waals surface area contributed by atoms with E-state index in [-0.39, 0.29) is 19.0 Å². The van der Waals surface area contributed by atoms with Crippen molar-refractivity contribution in [1.29, 1.82) is 0 Å². The zero-order valence-electron chi connectivity index (χ0n) is 5.54. The molecule has 0 saturated heterocycles. The standard InChI is InChI=1S/C6H10O4/c1-5(6(8)9)10-4-2-3-7/h7H,1-4H2,(H,8,9). The molecule has 10 heavy (non-hydrogen) atoms. The lowest BCUT2D eigenvalue weighted by atomic mass is 10.5. The molecule has 0 radical (unpaired) electrons. The third-order valence-corrected chi connectivity index (χ3v) is 0.817. The lowest BCUT2D eigenvalue weighted by Crippen LogP contribution is -2.05. The molecule has 4 nitrogen and oxygen atoms in total. The van der Waals surface area contributed by atoms with Crippen LogP contribution in [0.1, 0.15) is 6.42 Å². The van der Waals surface area contributed by atoms with Crippen LogP contribution in [0.5, 0.6) is 0 Å². The van der Waals surface area contributed by atoms with E-state index < -0.39 is 5.97 Å². The fourth-order valence-electron chi connectivity index (χ4n) is 0.322. The Morgan fingerprint density at radius 3 is 2.60 bits per heavy atom. The van der Waals surface area contributed by atoms with Crippen LogP contribution in [-0.4, -0.2) is 29.4 Å². The first-order chi connectivity index (χ1) is 4.68. The van der Waals surface area contributed by atoms with Crippen LogP contribution in [0.4, 0.5) is 0 Å². The molecule has 0 aliphatic heterocycles. The van der Waals surface area contributed by atoms with Gasteiger partial charge in [0.15, 0.2) is 5.76 Å². The van der Waals surface area contributed by atoms with Crippen LogP contribution >= 0.6 is 0 Å². The summed E-state index contributed by atoms with van der Waals surface area (Å²) < 4.78 is 4.59. The van der Waals surface area contributed by atoms with Crippen molar-refractivity contribution in [2.75, 3.05) is 13.2 Å². The van der Waals surface area contributed by atoms with Gasteiger partial charge in [0.25, 0.3) is 0 Å². The van der Waals surface area contributed by atoms with Gasteiger partial charge in [-0.05, 0) is 6.58 Å². The Kier molecular flexibility index (Phi) is 4.32. The number of hydrogen-bond acceptors (Lipinski definition) is 3. The van der Waals surface area contributed by atoms with Gasteiger partial charge in [0, 0.05) is 13.0 Å². The predicted molar refractivity (Wildman–Crippen MR) is 34.4 cm³/mol. The molecular formula is C6H10O4. The van der Waals surface area contributed by atoms with E-state index in [0.717, 1.165) is 0 Å². The van der Waals surface area contributed by atoms with Crippen LogP contribution in [0.25, 0.3) is 0 Å². The molecule has 58 valence electrons. The molecule has 0 aromatic carbocycles. The molecule has 0 spiro atoms. The number of aliphatic hydroxyl groups is 1. The Bertz CT molecular complexity index is 130. The van der Waals surface area contributed by atoms with Gasteiger partial charge in [-0.3, -0.25) is 0 Å². The third-order valence-electron chi connectivity index (χ3n) is 0.817. The minimum absolute atomic E-state index is 0.00704. The third kappa shape index (κ3) is 3.91. The average Bonchev–Trinajstić information content (AvgIpc) is 1.88. The van der Waals surface area contributed by atoms with Crippen LogP contribution < -0.4 is 0 Å². The van der Waals surface area contributed by atoms with Gasteiger partial charge in [0.2, 0.25) is 0 Å². The van der Waals surface area contributed by atoms with E-state index in [1.165, 1.54) is 0 Å². The number of carboxylic acid groups (broad SMARTS) is 1. The number of hydrogen-bond donors (Lipinski definition) is 2. The highest BCUT2D eigenvalue weighted by molar-refractivity contribution is 5.83. The highest BCUT2D eigenvalue weighted by Gasteiger charge is 2.02. The summed E-state index contributed by atoms with van der Waals surface area (Å²) in [6.07, 6.45) is 0.423. The van der Waals surface area contributed by atoms with Crippen LogP contribution in [0, 0.1) is 0 Å². The largest absolute Gasteiger partial charge is 0.487 e. The second kappa shape index (κ2) is 4.81. The maximum atomic E-state index is 10.0. The van der Waals surface area contributed by atoms with E-state index in [4.69, 9.17) is 10.2 Å². The molecule has 0 aromatic heterocycles. The van der Waals surface area contributed by atoms with Crippen molar-refractivity contribution in [3.63, 3.8) is 0 Å². The smallest absolute Gasteiger partial charge is 0.370 e. The summed E-state index contributed by atoms with van der Waals surface area (Å²) in [7, 11) is 0. The Labute approximate surface area is 58.7 Å². The summed E-state index contributed by atoms with van der Waals surface area (Å²) in [4.78, 5) is 10.0. The van der Waals surface area contributed by atoms with Gasteiger partial charge >= 0.3 is 5.97 Å². The number of aliphatic hydroxyl groups excluding tert-OH is 1. The number of carboxylic acids is 1. The zero-order chi connectivity index (χ0) is 7.98. The molecule has 2 N–H and O–H groups in total. The average molecular weight is 146 g/mol. The normalized spacial score (nSPS) is 8.90. The van der Waals surface area contributed by atoms with Gasteiger partial charge in [-0.15, -0.1) is 0 Å². The quantitative estimate of drug-likeness (QED) is 0.325. The molecule has 0 heterocycles. The minimum Gasteiger partial charge on any atom is -0.487 e. The molecule has 0 rings (SSSR count). The second-order valence-corrected chi connectivity index (χ2v) is 1.65. The van der Waals surface area contributed by atoms with Crippen LogP contribution in [0.2, 0.25) is 0 Å².